The van der Waals surface area contributed by atoms with Gasteiger partial charge in [0.1, 0.15) is 0 Å². The molecule has 3 nitrogen and oxygen atoms in total. The van der Waals surface area contributed by atoms with E-state index >= 15 is 0 Å². The first-order chi connectivity index (χ1) is 6.65. The van der Waals surface area contributed by atoms with Crippen LogP contribution in [0.15, 0.2) is 6.20 Å². The average Bonchev–Trinajstić information content (AvgIpc) is 2.45. The topological polar surface area (TPSA) is 38.0 Å². The van der Waals surface area contributed by atoms with Crippen molar-refractivity contribution >= 4 is 0 Å². The zero-order valence-corrected chi connectivity index (χ0v) is 8.70. The van der Waals surface area contributed by atoms with Gasteiger partial charge in [-0.3, -0.25) is 4.68 Å². The summed E-state index contributed by atoms with van der Waals surface area (Å²) >= 11 is 0. The van der Waals surface area contributed by atoms with Crippen molar-refractivity contribution < 1.29 is 5.11 Å². The third kappa shape index (κ3) is 2.61. The van der Waals surface area contributed by atoms with Crippen LogP contribution in [0.25, 0.3) is 0 Å². The molecule has 3 heteroatoms. The van der Waals surface area contributed by atoms with Crippen LogP contribution in [0.3, 0.4) is 0 Å². The van der Waals surface area contributed by atoms with Gasteiger partial charge in [0.2, 0.25) is 0 Å². The monoisotopic (exact) mass is 192 g/mol. The van der Waals surface area contributed by atoms with E-state index in [2.05, 4.69) is 11.0 Å². The SMILES string of the molecule is C#CCCCC(O)c1cn(C)nc1C. The van der Waals surface area contributed by atoms with Crippen LogP contribution in [0, 0.1) is 19.3 Å². The number of nitrogens with zero attached hydrogens (tertiary/aromatic N) is 2. The van der Waals surface area contributed by atoms with Gasteiger partial charge >= 0.3 is 0 Å². The summed E-state index contributed by atoms with van der Waals surface area (Å²) in [5, 5.41) is 14.0. The fourth-order valence-corrected chi connectivity index (χ4v) is 1.50. The van der Waals surface area contributed by atoms with Crippen LogP contribution in [0.5, 0.6) is 0 Å². The Balaban J connectivity index is 2.56. The summed E-state index contributed by atoms with van der Waals surface area (Å²) in [7, 11) is 1.85. The second kappa shape index (κ2) is 4.83. The number of rotatable bonds is 4. The van der Waals surface area contributed by atoms with Crippen LogP contribution in [0.2, 0.25) is 0 Å². The number of aryl methyl sites for hydroxylation is 2. The normalized spacial score (nSPS) is 12.4. The van der Waals surface area contributed by atoms with E-state index < -0.39 is 6.10 Å². The molecule has 1 heterocycles. The van der Waals surface area contributed by atoms with Gasteiger partial charge in [0.15, 0.2) is 0 Å². The summed E-state index contributed by atoms with van der Waals surface area (Å²) in [5.74, 6) is 2.56. The molecule has 1 N–H and O–H groups in total. The zero-order chi connectivity index (χ0) is 10.6. The molecule has 0 radical (unpaired) electrons. The molecule has 1 rings (SSSR count). The highest BCUT2D eigenvalue weighted by atomic mass is 16.3. The maximum absolute atomic E-state index is 9.82. The number of aromatic nitrogens is 2. The molecule has 0 amide bonds. The van der Waals surface area contributed by atoms with Crippen molar-refractivity contribution in [1.82, 2.24) is 9.78 Å². The second-order valence-electron chi connectivity index (χ2n) is 3.46. The minimum Gasteiger partial charge on any atom is -0.388 e. The molecule has 76 valence electrons. The predicted molar refractivity (Wildman–Crippen MR) is 55.6 cm³/mol. The van der Waals surface area contributed by atoms with Gasteiger partial charge in [0, 0.05) is 25.2 Å². The Kier molecular flexibility index (Phi) is 3.73. The lowest BCUT2D eigenvalue weighted by Crippen LogP contribution is -1.97. The molecular weight excluding hydrogens is 176 g/mol. The molecule has 0 aromatic carbocycles. The smallest absolute Gasteiger partial charge is 0.0823 e. The third-order valence-corrected chi connectivity index (χ3v) is 2.21. The fraction of sp³-hybridized carbons (Fsp3) is 0.545. The second-order valence-corrected chi connectivity index (χ2v) is 3.46. The Morgan fingerprint density at radius 2 is 2.43 bits per heavy atom. The number of hydrogen-bond donors (Lipinski definition) is 1. The van der Waals surface area contributed by atoms with E-state index in [1.165, 1.54) is 0 Å². The van der Waals surface area contributed by atoms with Crippen molar-refractivity contribution in [2.45, 2.75) is 32.3 Å². The number of unbranched alkanes of at least 4 members (excludes halogenated alkanes) is 1. The van der Waals surface area contributed by atoms with E-state index in [9.17, 15) is 5.11 Å². The molecule has 0 saturated heterocycles. The Bertz CT molecular complexity index is 336. The molecule has 0 bridgehead atoms. The van der Waals surface area contributed by atoms with Crippen molar-refractivity contribution in [1.29, 1.82) is 0 Å². The van der Waals surface area contributed by atoms with Crippen molar-refractivity contribution in [2.24, 2.45) is 7.05 Å². The molecule has 1 aromatic rings. The lowest BCUT2D eigenvalue weighted by Gasteiger charge is -2.07. The van der Waals surface area contributed by atoms with Gasteiger partial charge in [-0.1, -0.05) is 0 Å². The first-order valence-electron chi connectivity index (χ1n) is 4.77. The van der Waals surface area contributed by atoms with E-state index in [0.29, 0.717) is 6.42 Å². The van der Waals surface area contributed by atoms with E-state index in [-0.39, 0.29) is 0 Å². The number of aliphatic hydroxyl groups excluding tert-OH is 1. The van der Waals surface area contributed by atoms with Gasteiger partial charge < -0.3 is 5.11 Å². The Labute approximate surface area is 84.8 Å². The van der Waals surface area contributed by atoms with Crippen LogP contribution in [0.1, 0.15) is 36.6 Å². The third-order valence-electron chi connectivity index (χ3n) is 2.21. The first kappa shape index (κ1) is 10.8. The molecule has 1 unspecified atom stereocenters. The minimum atomic E-state index is -0.433. The lowest BCUT2D eigenvalue weighted by molar-refractivity contribution is 0.164. The van der Waals surface area contributed by atoms with E-state index in [1.54, 1.807) is 4.68 Å². The molecule has 0 aliphatic carbocycles. The molecule has 1 atom stereocenters. The van der Waals surface area contributed by atoms with Crippen LogP contribution in [-0.2, 0) is 7.05 Å². The molecule has 0 aliphatic rings. The lowest BCUT2D eigenvalue weighted by atomic mass is 10.1. The maximum Gasteiger partial charge on any atom is 0.0823 e. The quantitative estimate of drug-likeness (QED) is 0.581. The molecule has 0 saturated carbocycles. The van der Waals surface area contributed by atoms with Gasteiger partial charge in [-0.05, 0) is 19.8 Å². The predicted octanol–water partition coefficient (Wildman–Crippen LogP) is 1.57. The highest BCUT2D eigenvalue weighted by molar-refractivity contribution is 5.18. The summed E-state index contributed by atoms with van der Waals surface area (Å²) in [6, 6.07) is 0. The average molecular weight is 192 g/mol. The van der Waals surface area contributed by atoms with Crippen molar-refractivity contribution in [3.63, 3.8) is 0 Å². The number of terminal acetylenes is 1. The van der Waals surface area contributed by atoms with Gasteiger partial charge in [0.25, 0.3) is 0 Å². The summed E-state index contributed by atoms with van der Waals surface area (Å²) in [6.07, 6.45) is 8.84. The summed E-state index contributed by atoms with van der Waals surface area (Å²) in [5.41, 5.74) is 1.80. The van der Waals surface area contributed by atoms with E-state index in [0.717, 1.165) is 24.1 Å². The van der Waals surface area contributed by atoms with Crippen molar-refractivity contribution in [2.75, 3.05) is 0 Å². The van der Waals surface area contributed by atoms with Gasteiger partial charge in [0.05, 0.1) is 11.8 Å². The van der Waals surface area contributed by atoms with Crippen LogP contribution in [-0.4, -0.2) is 14.9 Å². The zero-order valence-electron chi connectivity index (χ0n) is 8.70. The van der Waals surface area contributed by atoms with Crippen molar-refractivity contribution in [3.05, 3.63) is 17.5 Å². The minimum absolute atomic E-state index is 0.433. The van der Waals surface area contributed by atoms with Gasteiger partial charge in [-0.25, -0.2) is 0 Å². The van der Waals surface area contributed by atoms with Crippen LogP contribution < -0.4 is 0 Å². The van der Waals surface area contributed by atoms with Gasteiger partial charge in [-0.2, -0.15) is 5.10 Å². The highest BCUT2D eigenvalue weighted by Gasteiger charge is 2.12. The first-order valence-corrected chi connectivity index (χ1v) is 4.77. The van der Waals surface area contributed by atoms with Crippen LogP contribution in [0.4, 0.5) is 0 Å². The maximum atomic E-state index is 9.82. The summed E-state index contributed by atoms with van der Waals surface area (Å²) < 4.78 is 1.72. The fourth-order valence-electron chi connectivity index (χ4n) is 1.50. The number of aliphatic hydroxyl groups is 1. The van der Waals surface area contributed by atoms with E-state index in [4.69, 9.17) is 6.42 Å². The van der Waals surface area contributed by atoms with Gasteiger partial charge in [-0.15, -0.1) is 12.3 Å². The molecule has 1 aromatic heterocycles. The number of hydrogen-bond acceptors (Lipinski definition) is 2. The van der Waals surface area contributed by atoms with Crippen LogP contribution >= 0.6 is 0 Å². The highest BCUT2D eigenvalue weighted by Crippen LogP contribution is 2.21. The Hall–Kier alpha value is -1.27. The summed E-state index contributed by atoms with van der Waals surface area (Å²) in [4.78, 5) is 0. The molecule has 0 fully saturated rings. The Morgan fingerprint density at radius 1 is 1.71 bits per heavy atom. The van der Waals surface area contributed by atoms with E-state index in [1.807, 2.05) is 20.2 Å². The molecule has 14 heavy (non-hydrogen) atoms. The molecule has 0 aliphatic heterocycles. The standard InChI is InChI=1S/C11H16N2O/c1-4-5-6-7-11(14)10-8-13(3)12-9(10)2/h1,8,11,14H,5-7H2,2-3H3. The molecule has 0 spiro atoms. The summed E-state index contributed by atoms with van der Waals surface area (Å²) in [6.45, 7) is 1.90. The largest absolute Gasteiger partial charge is 0.388 e. The van der Waals surface area contributed by atoms with Crippen molar-refractivity contribution in [3.8, 4) is 12.3 Å². The Morgan fingerprint density at radius 3 is 2.93 bits per heavy atom. The molecular formula is C11H16N2O.